The second kappa shape index (κ2) is 6.98. The van der Waals surface area contributed by atoms with E-state index in [1.165, 1.54) is 0 Å². The fourth-order valence-corrected chi connectivity index (χ4v) is 3.31. The first-order valence-corrected chi connectivity index (χ1v) is 8.84. The third kappa shape index (κ3) is 3.88. The minimum absolute atomic E-state index is 0.203. The maximum atomic E-state index is 12.7. The van der Waals surface area contributed by atoms with Crippen LogP contribution in [0.2, 0.25) is 0 Å². The highest BCUT2D eigenvalue weighted by molar-refractivity contribution is 7.98. The third-order valence-corrected chi connectivity index (χ3v) is 4.79. The summed E-state index contributed by atoms with van der Waals surface area (Å²) in [6.45, 7) is 10.8. The van der Waals surface area contributed by atoms with Gasteiger partial charge in [-0.2, -0.15) is 11.8 Å². The molecule has 1 N–H and O–H groups in total. The molecule has 0 aromatic carbocycles. The molecule has 3 unspecified atom stereocenters. The van der Waals surface area contributed by atoms with Crippen LogP contribution in [0.3, 0.4) is 0 Å². The molecule has 3 nitrogen and oxygen atoms in total. The quantitative estimate of drug-likeness (QED) is 0.780. The van der Waals surface area contributed by atoms with Gasteiger partial charge in [-0.15, -0.1) is 0 Å². The molecule has 1 aliphatic rings. The Morgan fingerprint density at radius 2 is 2.05 bits per heavy atom. The molecule has 1 saturated heterocycles. The molecule has 0 bridgehead atoms. The van der Waals surface area contributed by atoms with Gasteiger partial charge >= 0.3 is 0 Å². The lowest BCUT2D eigenvalue weighted by atomic mass is 9.99. The average molecular weight is 286 g/mol. The highest BCUT2D eigenvalue weighted by atomic mass is 32.2. The Morgan fingerprint density at radius 3 is 2.53 bits per heavy atom. The molecule has 1 fully saturated rings. The van der Waals surface area contributed by atoms with E-state index in [2.05, 4.69) is 44.2 Å². The van der Waals surface area contributed by atoms with Crippen LogP contribution in [-0.4, -0.2) is 40.6 Å². The molecular weight excluding hydrogens is 256 g/mol. The zero-order chi connectivity index (χ0) is 14.6. The van der Waals surface area contributed by atoms with Crippen LogP contribution in [0.25, 0.3) is 0 Å². The van der Waals surface area contributed by atoms with Crippen LogP contribution in [0, 0.1) is 5.92 Å². The largest absolute Gasteiger partial charge is 0.323 e. The second-order valence-corrected chi connectivity index (χ2v) is 7.30. The highest BCUT2D eigenvalue weighted by Crippen LogP contribution is 2.29. The van der Waals surface area contributed by atoms with Crippen molar-refractivity contribution in [3.8, 4) is 0 Å². The van der Waals surface area contributed by atoms with E-state index in [-0.39, 0.29) is 17.6 Å². The van der Waals surface area contributed by atoms with E-state index >= 15 is 0 Å². The first-order valence-electron chi connectivity index (χ1n) is 7.45. The van der Waals surface area contributed by atoms with Crippen molar-refractivity contribution in [2.45, 2.75) is 71.6 Å². The summed E-state index contributed by atoms with van der Waals surface area (Å²) in [5.74, 6) is 2.00. The highest BCUT2D eigenvalue weighted by Gasteiger charge is 2.47. The Labute approximate surface area is 122 Å². The molecule has 0 aromatic rings. The van der Waals surface area contributed by atoms with Crippen LogP contribution in [0.4, 0.5) is 0 Å². The number of amides is 1. The van der Waals surface area contributed by atoms with Crippen LogP contribution >= 0.6 is 11.8 Å². The van der Waals surface area contributed by atoms with Gasteiger partial charge < -0.3 is 4.90 Å². The Morgan fingerprint density at radius 1 is 1.42 bits per heavy atom. The lowest BCUT2D eigenvalue weighted by molar-refractivity contribution is -0.135. The number of hydrogen-bond donors (Lipinski definition) is 1. The van der Waals surface area contributed by atoms with Crippen molar-refractivity contribution in [2.24, 2.45) is 5.92 Å². The number of thioether (sulfide) groups is 1. The van der Waals surface area contributed by atoms with Crippen molar-refractivity contribution in [2.75, 3.05) is 12.0 Å². The number of carbonyl (C=O) groups excluding carboxylic acids is 1. The van der Waals surface area contributed by atoms with E-state index in [4.69, 9.17) is 0 Å². The standard InChI is InChI=1S/C15H30N2OS/c1-7-15(5)14(18)17(12(4)8-9-19-6)13(16-15)10-11(2)3/h11-13,16H,7-10H2,1-6H3. The lowest BCUT2D eigenvalue weighted by Crippen LogP contribution is -2.44. The predicted molar refractivity (Wildman–Crippen MR) is 84.4 cm³/mol. The molecule has 1 rings (SSSR count). The summed E-state index contributed by atoms with van der Waals surface area (Å²) in [7, 11) is 0. The van der Waals surface area contributed by atoms with Crippen molar-refractivity contribution in [1.29, 1.82) is 0 Å². The van der Waals surface area contributed by atoms with Crippen molar-refractivity contribution >= 4 is 17.7 Å². The monoisotopic (exact) mass is 286 g/mol. The first-order chi connectivity index (χ1) is 8.85. The number of carbonyl (C=O) groups is 1. The lowest BCUT2D eigenvalue weighted by Gasteiger charge is -2.31. The summed E-state index contributed by atoms with van der Waals surface area (Å²) < 4.78 is 0. The average Bonchev–Trinajstić information content (AvgIpc) is 2.58. The summed E-state index contributed by atoms with van der Waals surface area (Å²) in [6.07, 6.45) is 5.29. The number of hydrogen-bond acceptors (Lipinski definition) is 3. The van der Waals surface area contributed by atoms with Gasteiger partial charge in [-0.3, -0.25) is 10.1 Å². The molecular formula is C15H30N2OS. The molecule has 3 atom stereocenters. The van der Waals surface area contributed by atoms with Crippen molar-refractivity contribution in [1.82, 2.24) is 10.2 Å². The zero-order valence-corrected chi connectivity index (χ0v) is 14.1. The SMILES string of the molecule is CCC1(C)NC(CC(C)C)N(C(C)CCSC)C1=O. The van der Waals surface area contributed by atoms with Crippen LogP contribution in [0.15, 0.2) is 0 Å². The summed E-state index contributed by atoms with van der Waals surface area (Å²) in [5.41, 5.74) is -0.368. The number of rotatable bonds is 7. The molecule has 19 heavy (non-hydrogen) atoms. The van der Waals surface area contributed by atoms with Gasteiger partial charge in [-0.25, -0.2) is 0 Å². The van der Waals surface area contributed by atoms with E-state index in [1.54, 1.807) is 0 Å². The smallest absolute Gasteiger partial charge is 0.244 e. The Kier molecular flexibility index (Phi) is 6.18. The van der Waals surface area contributed by atoms with Crippen molar-refractivity contribution < 1.29 is 4.79 Å². The van der Waals surface area contributed by atoms with Gasteiger partial charge in [-0.1, -0.05) is 20.8 Å². The molecule has 0 saturated carbocycles. The van der Waals surface area contributed by atoms with E-state index in [0.29, 0.717) is 12.0 Å². The van der Waals surface area contributed by atoms with Gasteiger partial charge in [0.25, 0.3) is 0 Å². The third-order valence-electron chi connectivity index (χ3n) is 4.14. The van der Waals surface area contributed by atoms with E-state index in [0.717, 1.165) is 25.0 Å². The van der Waals surface area contributed by atoms with Gasteiger partial charge in [0.2, 0.25) is 5.91 Å². The summed E-state index contributed by atoms with van der Waals surface area (Å²) in [6, 6.07) is 0.324. The first kappa shape index (κ1) is 16.8. The van der Waals surface area contributed by atoms with Gasteiger partial charge in [0.05, 0.1) is 11.7 Å². The Balaban J connectivity index is 2.85. The zero-order valence-electron chi connectivity index (χ0n) is 13.3. The predicted octanol–water partition coefficient (Wildman–Crippen LogP) is 3.10. The summed E-state index contributed by atoms with van der Waals surface area (Å²) in [5, 5.41) is 3.58. The normalized spacial score (nSPS) is 29.3. The molecule has 4 heteroatoms. The molecule has 0 radical (unpaired) electrons. The minimum atomic E-state index is -0.368. The van der Waals surface area contributed by atoms with Crippen LogP contribution < -0.4 is 5.32 Å². The molecule has 0 aliphatic carbocycles. The molecule has 1 heterocycles. The maximum Gasteiger partial charge on any atom is 0.244 e. The number of nitrogens with one attached hydrogen (secondary N) is 1. The fraction of sp³-hybridized carbons (Fsp3) is 0.933. The summed E-state index contributed by atoms with van der Waals surface area (Å²) >= 11 is 1.85. The van der Waals surface area contributed by atoms with Crippen LogP contribution in [0.5, 0.6) is 0 Å². The molecule has 0 spiro atoms. The molecule has 112 valence electrons. The van der Waals surface area contributed by atoms with Gasteiger partial charge in [0.1, 0.15) is 0 Å². The molecule has 1 aliphatic heterocycles. The van der Waals surface area contributed by atoms with Gasteiger partial charge in [0.15, 0.2) is 0 Å². The van der Waals surface area contributed by atoms with Gasteiger partial charge in [-0.05, 0) is 51.0 Å². The molecule has 0 aromatic heterocycles. The van der Waals surface area contributed by atoms with Crippen molar-refractivity contribution in [3.05, 3.63) is 0 Å². The second-order valence-electron chi connectivity index (χ2n) is 6.32. The van der Waals surface area contributed by atoms with E-state index in [9.17, 15) is 4.79 Å². The topological polar surface area (TPSA) is 32.3 Å². The minimum Gasteiger partial charge on any atom is -0.323 e. The summed E-state index contributed by atoms with van der Waals surface area (Å²) in [4.78, 5) is 14.8. The fourth-order valence-electron chi connectivity index (χ4n) is 2.73. The Bertz CT molecular complexity index is 309. The van der Waals surface area contributed by atoms with Gasteiger partial charge in [0, 0.05) is 6.04 Å². The van der Waals surface area contributed by atoms with Crippen LogP contribution in [0.1, 0.15) is 53.9 Å². The van der Waals surface area contributed by atoms with Crippen molar-refractivity contribution in [3.63, 3.8) is 0 Å². The van der Waals surface area contributed by atoms with Crippen LogP contribution in [-0.2, 0) is 4.79 Å². The van der Waals surface area contributed by atoms with E-state index < -0.39 is 0 Å². The van der Waals surface area contributed by atoms with E-state index in [1.807, 2.05) is 18.7 Å². The maximum absolute atomic E-state index is 12.7. The number of nitrogens with zero attached hydrogens (tertiary/aromatic N) is 1. The molecule has 1 amide bonds. The Hall–Kier alpha value is -0.220.